The number of hydrogen-bond acceptors (Lipinski definition) is 3. The van der Waals surface area contributed by atoms with E-state index in [0.717, 1.165) is 18.8 Å². The Balaban J connectivity index is 2.29. The average Bonchev–Trinajstić information content (AvgIpc) is 2.71. The van der Waals surface area contributed by atoms with Crippen LogP contribution in [-0.4, -0.2) is 24.1 Å². The Bertz CT molecular complexity index is 417. The number of nitrogens with one attached hydrogen (secondary N) is 1. The van der Waals surface area contributed by atoms with Crippen LogP contribution in [0.15, 0.2) is 12.3 Å². The molecule has 0 aliphatic carbocycles. The van der Waals surface area contributed by atoms with Crippen LogP contribution in [0.2, 0.25) is 0 Å². The maximum Gasteiger partial charge on any atom is 0.0448 e. The third-order valence-corrected chi connectivity index (χ3v) is 4.32. The fraction of sp³-hybridized carbons (Fsp3) is 0.706. The molecule has 0 spiro atoms. The van der Waals surface area contributed by atoms with Gasteiger partial charge in [-0.05, 0) is 38.8 Å². The summed E-state index contributed by atoms with van der Waals surface area (Å²) in [5.74, 6) is 0. The van der Waals surface area contributed by atoms with Crippen LogP contribution in [-0.2, 0) is 6.54 Å². The molecule has 1 N–H and O–H groups in total. The third-order valence-electron chi connectivity index (χ3n) is 4.32. The van der Waals surface area contributed by atoms with Crippen LogP contribution in [0.1, 0.15) is 57.2 Å². The minimum Gasteiger partial charge on any atom is -0.368 e. The van der Waals surface area contributed by atoms with Gasteiger partial charge in [0.2, 0.25) is 0 Å². The van der Waals surface area contributed by atoms with Crippen LogP contribution >= 0.6 is 0 Å². The largest absolute Gasteiger partial charge is 0.368 e. The van der Waals surface area contributed by atoms with Crippen LogP contribution in [0.3, 0.4) is 0 Å². The van der Waals surface area contributed by atoms with Crippen LogP contribution in [0.25, 0.3) is 0 Å². The highest BCUT2D eigenvalue weighted by Crippen LogP contribution is 2.29. The zero-order chi connectivity index (χ0) is 14.4. The van der Waals surface area contributed by atoms with Crippen LogP contribution < -0.4 is 10.2 Å². The molecular weight excluding hydrogens is 246 g/mol. The molecule has 0 saturated carbocycles. The first-order valence-electron chi connectivity index (χ1n) is 8.19. The fourth-order valence-corrected chi connectivity index (χ4v) is 3.16. The summed E-state index contributed by atoms with van der Waals surface area (Å²) in [5, 5.41) is 3.45. The average molecular weight is 275 g/mol. The molecule has 3 nitrogen and oxygen atoms in total. The summed E-state index contributed by atoms with van der Waals surface area (Å²) in [4.78, 5) is 7.14. The second-order valence-electron chi connectivity index (χ2n) is 5.84. The minimum absolute atomic E-state index is 0.694. The first-order valence-corrected chi connectivity index (χ1v) is 8.19. The summed E-state index contributed by atoms with van der Waals surface area (Å²) in [5.41, 5.74) is 3.88. The molecule has 0 bridgehead atoms. The topological polar surface area (TPSA) is 28.2 Å². The maximum absolute atomic E-state index is 4.50. The fourth-order valence-electron chi connectivity index (χ4n) is 3.16. The molecule has 1 saturated heterocycles. The first kappa shape index (κ1) is 15.3. The quantitative estimate of drug-likeness (QED) is 0.889. The van der Waals surface area contributed by atoms with Gasteiger partial charge in [-0.15, -0.1) is 0 Å². The molecule has 3 heteroatoms. The molecule has 1 unspecified atom stereocenters. The van der Waals surface area contributed by atoms with Gasteiger partial charge in [0.05, 0.1) is 0 Å². The molecule has 0 aromatic carbocycles. The van der Waals surface area contributed by atoms with Gasteiger partial charge >= 0.3 is 0 Å². The molecule has 1 aromatic heterocycles. The predicted molar refractivity (Wildman–Crippen MR) is 86.2 cm³/mol. The van der Waals surface area contributed by atoms with Crippen molar-refractivity contribution in [2.75, 3.05) is 18.0 Å². The summed E-state index contributed by atoms with van der Waals surface area (Å²) in [7, 11) is 0. The summed E-state index contributed by atoms with van der Waals surface area (Å²) in [6, 6.07) is 2.97. The van der Waals surface area contributed by atoms with Gasteiger partial charge in [-0.25, -0.2) is 0 Å². The van der Waals surface area contributed by atoms with E-state index in [4.69, 9.17) is 0 Å². The number of nitrogens with zero attached hydrogens (tertiary/aromatic N) is 2. The van der Waals surface area contributed by atoms with Crippen molar-refractivity contribution in [3.63, 3.8) is 0 Å². The smallest absolute Gasteiger partial charge is 0.0448 e. The Labute approximate surface area is 123 Å². The molecule has 2 rings (SSSR count). The second-order valence-corrected chi connectivity index (χ2v) is 5.84. The number of rotatable bonds is 5. The van der Waals surface area contributed by atoms with Crippen molar-refractivity contribution in [2.45, 2.75) is 65.5 Å². The number of hydrogen-bond donors (Lipinski definition) is 1. The van der Waals surface area contributed by atoms with Gasteiger partial charge in [-0.2, -0.15) is 0 Å². The molecular formula is C17H29N3. The zero-order valence-corrected chi connectivity index (χ0v) is 13.3. The first-order chi connectivity index (χ1) is 9.76. The number of pyridine rings is 1. The van der Waals surface area contributed by atoms with Crippen molar-refractivity contribution in [3.05, 3.63) is 23.5 Å². The van der Waals surface area contributed by atoms with Gasteiger partial charge in [0.1, 0.15) is 0 Å². The van der Waals surface area contributed by atoms with E-state index in [2.05, 4.69) is 48.2 Å². The Kier molecular flexibility index (Phi) is 5.84. The number of anilines is 1. The van der Waals surface area contributed by atoms with Gasteiger partial charge in [-0.1, -0.05) is 26.7 Å². The molecule has 0 amide bonds. The van der Waals surface area contributed by atoms with E-state index in [1.54, 1.807) is 0 Å². The van der Waals surface area contributed by atoms with E-state index in [-0.39, 0.29) is 0 Å². The van der Waals surface area contributed by atoms with Crippen molar-refractivity contribution >= 4 is 5.69 Å². The standard InChI is InChI=1S/C17H29N3/c1-4-16-9-7-6-8-10-20(16)17-11-14(3)19-13-15(17)12-18-5-2/h11,13,16,18H,4-10,12H2,1-3H3. The lowest BCUT2D eigenvalue weighted by atomic mass is 10.1. The van der Waals surface area contributed by atoms with E-state index in [1.807, 2.05) is 0 Å². The molecule has 2 heterocycles. The lowest BCUT2D eigenvalue weighted by molar-refractivity contribution is 0.553. The number of aromatic nitrogens is 1. The molecule has 1 aliphatic heterocycles. The van der Waals surface area contributed by atoms with Crippen LogP contribution in [0.5, 0.6) is 0 Å². The van der Waals surface area contributed by atoms with E-state index in [0.29, 0.717) is 6.04 Å². The van der Waals surface area contributed by atoms with Gasteiger partial charge in [-0.3, -0.25) is 4.98 Å². The molecule has 1 atom stereocenters. The van der Waals surface area contributed by atoms with E-state index >= 15 is 0 Å². The second kappa shape index (κ2) is 7.63. The molecule has 112 valence electrons. The van der Waals surface area contributed by atoms with Crippen molar-refractivity contribution in [2.24, 2.45) is 0 Å². The normalized spacial score (nSPS) is 19.9. The van der Waals surface area contributed by atoms with Crippen molar-refractivity contribution in [3.8, 4) is 0 Å². The minimum atomic E-state index is 0.694. The van der Waals surface area contributed by atoms with E-state index < -0.39 is 0 Å². The summed E-state index contributed by atoms with van der Waals surface area (Å²) in [6.45, 7) is 9.69. The molecule has 0 radical (unpaired) electrons. The summed E-state index contributed by atoms with van der Waals surface area (Å²) in [6.07, 6.45) is 8.70. The monoisotopic (exact) mass is 275 g/mol. The molecule has 1 aromatic rings. The highest BCUT2D eigenvalue weighted by Gasteiger charge is 2.22. The highest BCUT2D eigenvalue weighted by atomic mass is 15.2. The Morgan fingerprint density at radius 2 is 2.15 bits per heavy atom. The lowest BCUT2D eigenvalue weighted by Crippen LogP contribution is -2.35. The maximum atomic E-state index is 4.50. The van der Waals surface area contributed by atoms with Gasteiger partial charge in [0, 0.05) is 42.3 Å². The van der Waals surface area contributed by atoms with Crippen molar-refractivity contribution in [1.82, 2.24) is 10.3 Å². The van der Waals surface area contributed by atoms with E-state index in [1.165, 1.54) is 49.9 Å². The molecule has 1 aliphatic rings. The zero-order valence-electron chi connectivity index (χ0n) is 13.3. The summed E-state index contributed by atoms with van der Waals surface area (Å²) >= 11 is 0. The number of aryl methyl sites for hydroxylation is 1. The van der Waals surface area contributed by atoms with Crippen LogP contribution in [0.4, 0.5) is 5.69 Å². The predicted octanol–water partition coefficient (Wildman–Crippen LogP) is 3.66. The Hall–Kier alpha value is -1.09. The lowest BCUT2D eigenvalue weighted by Gasteiger charge is -2.33. The SMILES string of the molecule is CCNCc1cnc(C)cc1N1CCCCCC1CC. The van der Waals surface area contributed by atoms with Crippen molar-refractivity contribution in [1.29, 1.82) is 0 Å². The van der Waals surface area contributed by atoms with Crippen molar-refractivity contribution < 1.29 is 0 Å². The third kappa shape index (κ3) is 3.72. The van der Waals surface area contributed by atoms with Gasteiger partial charge in [0.15, 0.2) is 0 Å². The summed E-state index contributed by atoms with van der Waals surface area (Å²) < 4.78 is 0. The van der Waals surface area contributed by atoms with E-state index in [9.17, 15) is 0 Å². The molecule has 20 heavy (non-hydrogen) atoms. The van der Waals surface area contributed by atoms with Gasteiger partial charge in [0.25, 0.3) is 0 Å². The Morgan fingerprint density at radius 1 is 1.30 bits per heavy atom. The Morgan fingerprint density at radius 3 is 2.90 bits per heavy atom. The molecule has 1 fully saturated rings. The van der Waals surface area contributed by atoms with Crippen LogP contribution in [0, 0.1) is 6.92 Å². The van der Waals surface area contributed by atoms with Gasteiger partial charge < -0.3 is 10.2 Å². The highest BCUT2D eigenvalue weighted by molar-refractivity contribution is 5.54.